The summed E-state index contributed by atoms with van der Waals surface area (Å²) in [4.78, 5) is 45.1. The molecule has 0 saturated carbocycles. The molecule has 1 aliphatic heterocycles. The molecule has 3 aliphatic rings. The van der Waals surface area contributed by atoms with Gasteiger partial charge in [-0.1, -0.05) is 11.8 Å². The minimum atomic E-state index is -1.30. The molecule has 0 bridgehead atoms. The number of rotatable bonds is 6. The fourth-order valence-corrected chi connectivity index (χ4v) is 4.41. The highest BCUT2D eigenvalue weighted by molar-refractivity contribution is 6.49. The number of anilines is 1. The summed E-state index contributed by atoms with van der Waals surface area (Å²) in [5, 5.41) is 0. The van der Waals surface area contributed by atoms with E-state index in [4.69, 9.17) is 9.15 Å². The topological polar surface area (TPSA) is 89.7 Å². The number of oxazole rings is 1. The van der Waals surface area contributed by atoms with Crippen LogP contribution in [0.3, 0.4) is 0 Å². The van der Waals surface area contributed by atoms with Crippen LogP contribution in [0.1, 0.15) is 12.8 Å². The van der Waals surface area contributed by atoms with Crippen molar-refractivity contribution in [3.05, 3.63) is 95.4 Å². The number of ether oxygens (including phenoxy) is 1. The van der Waals surface area contributed by atoms with Crippen LogP contribution < -0.4 is 4.90 Å². The molecule has 1 aromatic carbocycles. The number of amides is 1. The van der Waals surface area contributed by atoms with Crippen LogP contribution in [0, 0.1) is 5.92 Å². The first kappa shape index (κ1) is 22.3. The summed E-state index contributed by atoms with van der Waals surface area (Å²) >= 11 is 0. The Balaban J connectivity index is 1.58. The van der Waals surface area contributed by atoms with Crippen molar-refractivity contribution < 1.29 is 27.9 Å². The first-order valence-corrected chi connectivity index (χ1v) is 10.9. The molecule has 0 spiro atoms. The number of nitrogens with zero attached hydrogens (tertiary/aromatic N) is 2. The van der Waals surface area contributed by atoms with Gasteiger partial charge in [0.15, 0.2) is 23.7 Å². The Morgan fingerprint density at radius 1 is 1.14 bits per heavy atom. The van der Waals surface area contributed by atoms with Gasteiger partial charge in [0.25, 0.3) is 5.91 Å². The molecule has 1 fully saturated rings. The van der Waals surface area contributed by atoms with Crippen LogP contribution in [0.4, 0.5) is 10.1 Å². The number of Topliss-reactive ketones (excluding diaryl/α,β-unsaturated/α-hetero) is 2. The molecule has 0 N–H and O–H groups in total. The molecule has 174 valence electrons. The van der Waals surface area contributed by atoms with Crippen molar-refractivity contribution in [2.75, 3.05) is 12.0 Å². The zero-order valence-corrected chi connectivity index (χ0v) is 18.7. The van der Waals surface area contributed by atoms with Crippen LogP contribution in [0.5, 0.6) is 0 Å². The fraction of sp³-hybridized carbons (Fsp3) is 0.185. The van der Waals surface area contributed by atoms with Gasteiger partial charge >= 0.3 is 0 Å². The van der Waals surface area contributed by atoms with Crippen molar-refractivity contribution in [1.29, 1.82) is 0 Å². The molecule has 2 heterocycles. The third-order valence-electron chi connectivity index (χ3n) is 6.17. The highest BCUT2D eigenvalue weighted by atomic mass is 19.1. The second-order valence-corrected chi connectivity index (χ2v) is 8.16. The lowest BCUT2D eigenvalue weighted by Crippen LogP contribution is -2.39. The third kappa shape index (κ3) is 4.02. The van der Waals surface area contributed by atoms with Gasteiger partial charge in [0, 0.05) is 17.7 Å². The minimum absolute atomic E-state index is 0.114. The van der Waals surface area contributed by atoms with E-state index in [2.05, 4.69) is 16.4 Å². The van der Waals surface area contributed by atoms with Crippen LogP contribution in [0.15, 0.2) is 99.8 Å². The summed E-state index contributed by atoms with van der Waals surface area (Å²) in [6.07, 6.45) is 9.17. The second kappa shape index (κ2) is 9.03. The zero-order chi connectivity index (χ0) is 24.5. The largest absolute Gasteiger partial charge is 0.489 e. The number of carbonyl (C=O) groups excluding carboxylic acids is 3. The minimum Gasteiger partial charge on any atom is -0.489 e. The van der Waals surface area contributed by atoms with E-state index in [0.29, 0.717) is 22.8 Å². The maximum Gasteiger partial charge on any atom is 0.295 e. The van der Waals surface area contributed by atoms with Crippen LogP contribution in [0.25, 0.3) is 11.3 Å². The van der Waals surface area contributed by atoms with E-state index in [0.717, 1.165) is 5.56 Å². The van der Waals surface area contributed by atoms with Gasteiger partial charge in [-0.15, -0.1) is 0 Å². The number of carbonyl (C=O) groups is 3. The van der Waals surface area contributed by atoms with Gasteiger partial charge in [-0.05, 0) is 60.2 Å². The van der Waals surface area contributed by atoms with E-state index < -0.39 is 29.4 Å². The molecule has 1 saturated heterocycles. The Hall–Kier alpha value is -4.51. The van der Waals surface area contributed by atoms with Gasteiger partial charge in [0.1, 0.15) is 11.7 Å². The summed E-state index contributed by atoms with van der Waals surface area (Å²) in [5.41, 5.74) is 7.35. The van der Waals surface area contributed by atoms with Gasteiger partial charge in [0.2, 0.25) is 5.78 Å². The van der Waals surface area contributed by atoms with Crippen LogP contribution >= 0.6 is 0 Å². The molecular weight excluding hydrogens is 451 g/mol. The number of hydrogen-bond acceptors (Lipinski definition) is 6. The van der Waals surface area contributed by atoms with Gasteiger partial charge in [-0.25, -0.2) is 9.37 Å². The standard InChI is InChI=1S/C27H19FN2O5/c1-34-21-12-6-18(7-13-21)25(31)23-24(17-2-8-19(28)9-3-17)30(27(33)26(23)32)20-10-4-16(5-11-20)22-14-29-15-35-22/h2,4-6,8,10-12,14-15,23-24H,3,9H2,1H3. The lowest BCUT2D eigenvalue weighted by Gasteiger charge is -2.30. The quantitative estimate of drug-likeness (QED) is 0.358. The monoisotopic (exact) mass is 470 g/mol. The van der Waals surface area contributed by atoms with Gasteiger partial charge in [-0.2, -0.15) is 0 Å². The van der Waals surface area contributed by atoms with Crippen molar-refractivity contribution >= 4 is 23.2 Å². The predicted octanol–water partition coefficient (Wildman–Crippen LogP) is 4.17. The Morgan fingerprint density at radius 3 is 2.54 bits per heavy atom. The van der Waals surface area contributed by atoms with Crippen molar-refractivity contribution in [2.45, 2.75) is 18.9 Å². The van der Waals surface area contributed by atoms with Crippen LogP contribution in [-0.2, 0) is 19.1 Å². The molecule has 7 nitrogen and oxygen atoms in total. The first-order valence-electron chi connectivity index (χ1n) is 10.9. The number of methoxy groups -OCH3 is 1. The second-order valence-electron chi connectivity index (χ2n) is 8.16. The van der Waals surface area contributed by atoms with E-state index in [-0.39, 0.29) is 24.2 Å². The van der Waals surface area contributed by atoms with Gasteiger partial charge in [0.05, 0.1) is 24.9 Å². The number of aromatic nitrogens is 1. The normalized spacial score (nSPS) is 21.5. The van der Waals surface area contributed by atoms with Crippen LogP contribution in [-0.4, -0.2) is 35.6 Å². The van der Waals surface area contributed by atoms with Crippen LogP contribution in [0.2, 0.25) is 0 Å². The Kier molecular flexibility index (Phi) is 5.75. The third-order valence-corrected chi connectivity index (χ3v) is 6.17. The average Bonchev–Trinajstić information content (AvgIpc) is 3.52. The number of allylic oxidation sites excluding steroid dienone is 6. The molecule has 5 rings (SSSR count). The summed E-state index contributed by atoms with van der Waals surface area (Å²) in [7, 11) is 1.46. The van der Waals surface area contributed by atoms with Crippen molar-refractivity contribution in [2.24, 2.45) is 5.92 Å². The summed E-state index contributed by atoms with van der Waals surface area (Å²) in [5.74, 6) is -2.83. The Labute approximate surface area is 199 Å². The fourth-order valence-electron chi connectivity index (χ4n) is 4.41. The van der Waals surface area contributed by atoms with Crippen molar-refractivity contribution in [1.82, 2.24) is 4.98 Å². The van der Waals surface area contributed by atoms with Crippen molar-refractivity contribution in [3.63, 3.8) is 0 Å². The van der Waals surface area contributed by atoms with Gasteiger partial charge < -0.3 is 9.15 Å². The number of benzene rings is 1. The summed E-state index contributed by atoms with van der Waals surface area (Å²) in [6.45, 7) is 0. The maximum atomic E-state index is 13.8. The maximum absolute atomic E-state index is 13.8. The lowest BCUT2D eigenvalue weighted by molar-refractivity contribution is -0.138. The molecule has 2 unspecified atom stereocenters. The Bertz CT molecular complexity index is 1420. The molecule has 1 amide bonds. The number of halogens is 1. The lowest BCUT2D eigenvalue weighted by atomic mass is 9.83. The highest BCUT2D eigenvalue weighted by Crippen LogP contribution is 2.39. The molecule has 0 radical (unpaired) electrons. The first-order chi connectivity index (χ1) is 17.0. The van der Waals surface area contributed by atoms with E-state index in [9.17, 15) is 18.8 Å². The average molecular weight is 470 g/mol. The smallest absolute Gasteiger partial charge is 0.295 e. The van der Waals surface area contributed by atoms with E-state index >= 15 is 0 Å². The van der Waals surface area contributed by atoms with Crippen molar-refractivity contribution in [3.8, 4) is 11.3 Å². The number of ketones is 2. The Morgan fingerprint density at radius 2 is 1.94 bits per heavy atom. The SMILES string of the molecule is COC1=C=C=C(C(=O)C2C(=O)C(=O)N(c3ccc(-c4cnco4)cc3)C2C2=CC=C(F)CC2)C=C1. The summed E-state index contributed by atoms with van der Waals surface area (Å²) < 4.78 is 24.1. The molecular formula is C27H19FN2O5. The molecule has 2 aromatic rings. The molecule has 2 aliphatic carbocycles. The van der Waals surface area contributed by atoms with E-state index in [1.54, 1.807) is 36.5 Å². The van der Waals surface area contributed by atoms with E-state index in [1.807, 2.05) is 0 Å². The summed E-state index contributed by atoms with van der Waals surface area (Å²) in [6, 6.07) is 5.94. The molecule has 2 atom stereocenters. The highest BCUT2D eigenvalue weighted by Gasteiger charge is 2.53. The van der Waals surface area contributed by atoms with E-state index in [1.165, 1.54) is 36.6 Å². The molecule has 35 heavy (non-hydrogen) atoms. The zero-order valence-electron chi connectivity index (χ0n) is 18.7. The van der Waals surface area contributed by atoms with Gasteiger partial charge in [-0.3, -0.25) is 19.3 Å². The predicted molar refractivity (Wildman–Crippen MR) is 123 cm³/mol. The molecule has 1 aromatic heterocycles. The number of hydrogen-bond donors (Lipinski definition) is 0. The molecule has 8 heteroatoms.